The van der Waals surface area contributed by atoms with Crippen LogP contribution in [0, 0.1) is 0 Å². The van der Waals surface area contributed by atoms with Gasteiger partial charge in [-0.25, -0.2) is 9.97 Å². The number of thioether (sulfide) groups is 1. The monoisotopic (exact) mass is 238 g/mol. The second kappa shape index (κ2) is 5.39. The van der Waals surface area contributed by atoms with Crippen molar-refractivity contribution >= 4 is 23.4 Å². The average molecular weight is 238 g/mol. The lowest BCUT2D eigenvalue weighted by Crippen LogP contribution is -2.17. The van der Waals surface area contributed by atoms with Gasteiger partial charge in [-0.2, -0.15) is 11.8 Å². The van der Waals surface area contributed by atoms with Crippen LogP contribution < -0.4 is 11.1 Å². The van der Waals surface area contributed by atoms with E-state index in [2.05, 4.69) is 34.0 Å². The van der Waals surface area contributed by atoms with Crippen LogP contribution in [0.4, 0.5) is 11.6 Å². The van der Waals surface area contributed by atoms with Crippen LogP contribution in [-0.4, -0.2) is 27.0 Å². The first-order valence-corrected chi connectivity index (χ1v) is 6.78. The first-order chi connectivity index (χ1) is 7.78. The van der Waals surface area contributed by atoms with E-state index in [1.54, 1.807) is 12.4 Å². The molecule has 2 unspecified atom stereocenters. The third kappa shape index (κ3) is 3.01. The number of nitrogens with one attached hydrogen (secondary N) is 1. The first-order valence-electron chi connectivity index (χ1n) is 5.73. The summed E-state index contributed by atoms with van der Waals surface area (Å²) < 4.78 is 0. The number of rotatable bonds is 4. The minimum absolute atomic E-state index is 0.521. The molecule has 1 aliphatic carbocycles. The SMILES string of the molecule is CCSC1CCC(Nc2ncc(N)cn2)C1. The summed E-state index contributed by atoms with van der Waals surface area (Å²) in [7, 11) is 0. The maximum atomic E-state index is 5.54. The number of aromatic nitrogens is 2. The van der Waals surface area contributed by atoms with Gasteiger partial charge in [0, 0.05) is 11.3 Å². The summed E-state index contributed by atoms with van der Waals surface area (Å²) in [6.07, 6.45) is 7.01. The smallest absolute Gasteiger partial charge is 0.222 e. The van der Waals surface area contributed by atoms with Crippen molar-refractivity contribution < 1.29 is 0 Å². The Morgan fingerprint density at radius 1 is 1.44 bits per heavy atom. The normalized spacial score (nSPS) is 24.6. The Balaban J connectivity index is 1.84. The third-order valence-corrected chi connectivity index (χ3v) is 4.02. The highest BCUT2D eigenvalue weighted by Gasteiger charge is 2.24. The minimum atomic E-state index is 0.521. The molecule has 0 bridgehead atoms. The van der Waals surface area contributed by atoms with E-state index < -0.39 is 0 Å². The van der Waals surface area contributed by atoms with Gasteiger partial charge < -0.3 is 11.1 Å². The maximum absolute atomic E-state index is 5.54. The molecule has 1 fully saturated rings. The molecule has 0 aliphatic heterocycles. The molecular formula is C11H18N4S. The lowest BCUT2D eigenvalue weighted by atomic mass is 10.2. The summed E-state index contributed by atoms with van der Waals surface area (Å²) in [5, 5.41) is 4.17. The first kappa shape index (κ1) is 11.5. The van der Waals surface area contributed by atoms with Gasteiger partial charge in [-0.15, -0.1) is 0 Å². The Labute approximate surface area is 100 Å². The van der Waals surface area contributed by atoms with Gasteiger partial charge in [0.05, 0.1) is 18.1 Å². The van der Waals surface area contributed by atoms with Crippen molar-refractivity contribution in [2.45, 2.75) is 37.5 Å². The molecule has 88 valence electrons. The lowest BCUT2D eigenvalue weighted by molar-refractivity contribution is 0.745. The highest BCUT2D eigenvalue weighted by atomic mass is 32.2. The number of nitrogens with zero attached hydrogens (tertiary/aromatic N) is 2. The van der Waals surface area contributed by atoms with E-state index in [0.717, 1.165) is 5.25 Å². The van der Waals surface area contributed by atoms with E-state index in [1.807, 2.05) is 0 Å². The van der Waals surface area contributed by atoms with E-state index >= 15 is 0 Å². The molecule has 0 aromatic carbocycles. The summed E-state index contributed by atoms with van der Waals surface area (Å²) >= 11 is 2.05. The van der Waals surface area contributed by atoms with E-state index in [9.17, 15) is 0 Å². The number of nitrogen functional groups attached to an aromatic ring is 1. The Hall–Kier alpha value is -0.970. The van der Waals surface area contributed by atoms with Crippen LogP contribution in [0.25, 0.3) is 0 Å². The molecule has 0 saturated heterocycles. The molecule has 1 aromatic heterocycles. The fourth-order valence-electron chi connectivity index (χ4n) is 2.05. The molecule has 1 heterocycles. The largest absolute Gasteiger partial charge is 0.396 e. The van der Waals surface area contributed by atoms with Crippen LogP contribution in [0.5, 0.6) is 0 Å². The molecule has 1 aliphatic rings. The van der Waals surface area contributed by atoms with Crippen LogP contribution >= 0.6 is 11.8 Å². The molecule has 0 spiro atoms. The van der Waals surface area contributed by atoms with Crippen molar-refractivity contribution in [2.24, 2.45) is 0 Å². The van der Waals surface area contributed by atoms with Crippen LogP contribution in [0.15, 0.2) is 12.4 Å². The van der Waals surface area contributed by atoms with Gasteiger partial charge in [0.25, 0.3) is 0 Å². The molecule has 4 nitrogen and oxygen atoms in total. The van der Waals surface area contributed by atoms with E-state index in [1.165, 1.54) is 25.0 Å². The molecular weight excluding hydrogens is 220 g/mol. The predicted molar refractivity (Wildman–Crippen MR) is 69.6 cm³/mol. The van der Waals surface area contributed by atoms with E-state index in [4.69, 9.17) is 5.73 Å². The summed E-state index contributed by atoms with van der Waals surface area (Å²) in [4.78, 5) is 8.32. The highest BCUT2D eigenvalue weighted by molar-refractivity contribution is 7.99. The number of hydrogen-bond donors (Lipinski definition) is 2. The zero-order chi connectivity index (χ0) is 11.4. The molecule has 1 saturated carbocycles. The minimum Gasteiger partial charge on any atom is -0.396 e. The van der Waals surface area contributed by atoms with Crippen LogP contribution in [0.3, 0.4) is 0 Å². The predicted octanol–water partition coefficient (Wildman–Crippen LogP) is 2.14. The average Bonchev–Trinajstić information content (AvgIpc) is 2.70. The van der Waals surface area contributed by atoms with Gasteiger partial charge in [0.15, 0.2) is 0 Å². The van der Waals surface area contributed by atoms with Crippen LogP contribution in [0.2, 0.25) is 0 Å². The van der Waals surface area contributed by atoms with Crippen LogP contribution in [0.1, 0.15) is 26.2 Å². The second-order valence-corrected chi connectivity index (χ2v) is 5.65. The number of anilines is 2. The molecule has 16 heavy (non-hydrogen) atoms. The van der Waals surface area contributed by atoms with Gasteiger partial charge in [-0.3, -0.25) is 0 Å². The molecule has 0 radical (unpaired) electrons. The molecule has 2 rings (SSSR count). The van der Waals surface area contributed by atoms with Crippen molar-refractivity contribution in [1.29, 1.82) is 0 Å². The summed E-state index contributed by atoms with van der Waals surface area (Å²) in [6, 6.07) is 0.521. The quantitative estimate of drug-likeness (QED) is 0.841. The van der Waals surface area contributed by atoms with E-state index in [0.29, 0.717) is 17.7 Å². The standard InChI is InChI=1S/C11H18N4S/c1-2-16-10-4-3-9(5-10)15-11-13-6-8(12)7-14-11/h6-7,9-10H,2-5,12H2,1H3,(H,13,14,15). The van der Waals surface area contributed by atoms with Crippen molar-refractivity contribution in [1.82, 2.24) is 9.97 Å². The summed E-state index contributed by atoms with van der Waals surface area (Å²) in [5.74, 6) is 1.90. The molecule has 3 N–H and O–H groups in total. The number of nitrogens with two attached hydrogens (primary N) is 1. The van der Waals surface area contributed by atoms with Crippen LogP contribution in [-0.2, 0) is 0 Å². The topological polar surface area (TPSA) is 63.8 Å². The lowest BCUT2D eigenvalue weighted by Gasteiger charge is -2.12. The van der Waals surface area contributed by atoms with Gasteiger partial charge in [0.1, 0.15) is 0 Å². The van der Waals surface area contributed by atoms with Gasteiger partial charge in [-0.1, -0.05) is 6.92 Å². The Morgan fingerprint density at radius 2 is 2.19 bits per heavy atom. The molecule has 2 atom stereocenters. The number of hydrogen-bond acceptors (Lipinski definition) is 5. The van der Waals surface area contributed by atoms with Crippen molar-refractivity contribution in [2.75, 3.05) is 16.8 Å². The Morgan fingerprint density at radius 3 is 2.88 bits per heavy atom. The third-order valence-electron chi connectivity index (χ3n) is 2.79. The van der Waals surface area contributed by atoms with Crippen molar-refractivity contribution in [3.63, 3.8) is 0 Å². The molecule has 0 amide bonds. The van der Waals surface area contributed by atoms with E-state index in [-0.39, 0.29) is 0 Å². The Kier molecular flexibility index (Phi) is 3.88. The van der Waals surface area contributed by atoms with Crippen molar-refractivity contribution in [3.05, 3.63) is 12.4 Å². The van der Waals surface area contributed by atoms with Gasteiger partial charge in [-0.05, 0) is 25.0 Å². The zero-order valence-corrected chi connectivity index (χ0v) is 10.3. The fourth-order valence-corrected chi connectivity index (χ4v) is 3.20. The van der Waals surface area contributed by atoms with Gasteiger partial charge in [0.2, 0.25) is 5.95 Å². The molecule has 1 aromatic rings. The second-order valence-electron chi connectivity index (χ2n) is 4.07. The highest BCUT2D eigenvalue weighted by Crippen LogP contribution is 2.30. The maximum Gasteiger partial charge on any atom is 0.222 e. The molecule has 5 heteroatoms. The van der Waals surface area contributed by atoms with Crippen molar-refractivity contribution in [3.8, 4) is 0 Å². The summed E-state index contributed by atoms with van der Waals surface area (Å²) in [5.41, 5.74) is 6.15. The van der Waals surface area contributed by atoms with Gasteiger partial charge >= 0.3 is 0 Å². The Bertz CT molecular complexity index is 327. The zero-order valence-electron chi connectivity index (χ0n) is 9.52. The fraction of sp³-hybridized carbons (Fsp3) is 0.636. The summed E-state index contributed by atoms with van der Waals surface area (Å²) in [6.45, 7) is 2.22.